The number of carbonyl (C=O) groups excluding carboxylic acids is 1. The zero-order chi connectivity index (χ0) is 13.3. The molecule has 0 radical (unpaired) electrons. The van der Waals surface area contributed by atoms with Crippen molar-refractivity contribution in [3.8, 4) is 0 Å². The highest BCUT2D eigenvalue weighted by molar-refractivity contribution is 5.71. The van der Waals surface area contributed by atoms with Crippen molar-refractivity contribution in [2.75, 3.05) is 6.61 Å². The van der Waals surface area contributed by atoms with Crippen LogP contribution in [-0.4, -0.2) is 24.8 Å². The standard InChI is InChI=1S/C14H26O3/c1-13(2,3)8-11(14(4,5)6)17-10-7-12(15)16-9-10/h10-11H,7-9H2,1-6H3/t10-,11?/m1/s1. The van der Waals surface area contributed by atoms with Crippen LogP contribution in [-0.2, 0) is 14.3 Å². The van der Waals surface area contributed by atoms with Gasteiger partial charge >= 0.3 is 5.97 Å². The fourth-order valence-corrected chi connectivity index (χ4v) is 1.92. The predicted octanol–water partition coefficient (Wildman–Crippen LogP) is 3.17. The quantitative estimate of drug-likeness (QED) is 0.713. The summed E-state index contributed by atoms with van der Waals surface area (Å²) >= 11 is 0. The first-order valence-corrected chi connectivity index (χ1v) is 6.39. The predicted molar refractivity (Wildman–Crippen MR) is 67.8 cm³/mol. The Bertz CT molecular complexity index is 270. The molecule has 0 aromatic heterocycles. The third-order valence-electron chi connectivity index (χ3n) is 2.94. The Hall–Kier alpha value is -0.570. The summed E-state index contributed by atoms with van der Waals surface area (Å²) < 4.78 is 11.0. The first kappa shape index (κ1) is 14.5. The lowest BCUT2D eigenvalue weighted by Crippen LogP contribution is -2.36. The van der Waals surface area contributed by atoms with Crippen molar-refractivity contribution < 1.29 is 14.3 Å². The summed E-state index contributed by atoms with van der Waals surface area (Å²) in [5, 5.41) is 0. The van der Waals surface area contributed by atoms with Crippen molar-refractivity contribution in [3.05, 3.63) is 0 Å². The van der Waals surface area contributed by atoms with Gasteiger partial charge in [0.2, 0.25) is 0 Å². The molecule has 1 heterocycles. The summed E-state index contributed by atoms with van der Waals surface area (Å²) in [7, 11) is 0. The molecular formula is C14H26O3. The molecule has 0 aliphatic carbocycles. The summed E-state index contributed by atoms with van der Waals surface area (Å²) in [6.45, 7) is 13.6. The van der Waals surface area contributed by atoms with Crippen LogP contribution in [0.4, 0.5) is 0 Å². The number of carbonyl (C=O) groups is 1. The maximum atomic E-state index is 11.1. The first-order chi connectivity index (χ1) is 7.58. The minimum atomic E-state index is -0.140. The van der Waals surface area contributed by atoms with Crippen LogP contribution < -0.4 is 0 Å². The molecule has 0 saturated carbocycles. The monoisotopic (exact) mass is 242 g/mol. The molecule has 1 aliphatic rings. The largest absolute Gasteiger partial charge is 0.463 e. The fourth-order valence-electron chi connectivity index (χ4n) is 1.92. The van der Waals surface area contributed by atoms with Crippen LogP contribution in [0.3, 0.4) is 0 Å². The van der Waals surface area contributed by atoms with Gasteiger partial charge in [0.1, 0.15) is 12.7 Å². The highest BCUT2D eigenvalue weighted by Crippen LogP contribution is 2.34. The Kier molecular flexibility index (Phi) is 4.23. The van der Waals surface area contributed by atoms with Gasteiger partial charge in [0.15, 0.2) is 0 Å². The molecular weight excluding hydrogens is 216 g/mol. The molecule has 1 aliphatic heterocycles. The minimum Gasteiger partial charge on any atom is -0.463 e. The summed E-state index contributed by atoms with van der Waals surface area (Å²) in [6.07, 6.45) is 1.48. The second-order valence-electron chi connectivity index (χ2n) is 7.26. The van der Waals surface area contributed by atoms with Gasteiger partial charge in [-0.1, -0.05) is 41.5 Å². The number of ether oxygens (including phenoxy) is 2. The molecule has 0 N–H and O–H groups in total. The van der Waals surface area contributed by atoms with E-state index >= 15 is 0 Å². The molecule has 3 heteroatoms. The Balaban J connectivity index is 2.61. The van der Waals surface area contributed by atoms with Crippen molar-refractivity contribution >= 4 is 5.97 Å². The van der Waals surface area contributed by atoms with Gasteiger partial charge in [0.05, 0.1) is 12.5 Å². The van der Waals surface area contributed by atoms with Gasteiger partial charge in [-0.2, -0.15) is 0 Å². The average Bonchev–Trinajstić information content (AvgIpc) is 2.46. The van der Waals surface area contributed by atoms with E-state index in [4.69, 9.17) is 9.47 Å². The lowest BCUT2D eigenvalue weighted by Gasteiger charge is -2.36. The van der Waals surface area contributed by atoms with Gasteiger partial charge in [0.25, 0.3) is 0 Å². The van der Waals surface area contributed by atoms with Crippen molar-refractivity contribution in [3.63, 3.8) is 0 Å². The SMILES string of the molecule is CC(C)(C)CC(O[C@H]1COC(=O)C1)C(C)(C)C. The van der Waals surface area contributed by atoms with E-state index in [1.807, 2.05) is 0 Å². The Labute approximate surface area is 105 Å². The molecule has 0 amide bonds. The Morgan fingerprint density at radius 1 is 1.29 bits per heavy atom. The van der Waals surface area contributed by atoms with Crippen LogP contribution in [0.1, 0.15) is 54.4 Å². The molecule has 0 aromatic carbocycles. The fraction of sp³-hybridized carbons (Fsp3) is 0.929. The molecule has 0 aromatic rings. The van der Waals surface area contributed by atoms with Crippen molar-refractivity contribution in [1.82, 2.24) is 0 Å². The summed E-state index contributed by atoms with van der Waals surface area (Å²) in [4.78, 5) is 11.1. The van der Waals surface area contributed by atoms with Gasteiger partial charge in [-0.15, -0.1) is 0 Å². The molecule has 3 nitrogen and oxygen atoms in total. The first-order valence-electron chi connectivity index (χ1n) is 6.39. The van der Waals surface area contributed by atoms with Crippen LogP contribution in [0.2, 0.25) is 0 Å². The number of esters is 1. The van der Waals surface area contributed by atoms with Gasteiger partial charge < -0.3 is 9.47 Å². The average molecular weight is 242 g/mol. The van der Waals surface area contributed by atoms with Crippen LogP contribution in [0, 0.1) is 10.8 Å². The molecule has 1 unspecified atom stereocenters. The lowest BCUT2D eigenvalue weighted by molar-refractivity contribution is -0.137. The zero-order valence-corrected chi connectivity index (χ0v) is 12.0. The van der Waals surface area contributed by atoms with Crippen LogP contribution in [0.5, 0.6) is 0 Å². The molecule has 1 fully saturated rings. The number of hydrogen-bond donors (Lipinski definition) is 0. The highest BCUT2D eigenvalue weighted by Gasteiger charge is 2.34. The normalized spacial score (nSPS) is 23.6. The number of rotatable bonds is 3. The molecule has 1 saturated heterocycles. The topological polar surface area (TPSA) is 35.5 Å². The summed E-state index contributed by atoms with van der Waals surface area (Å²) in [6, 6.07) is 0. The number of cyclic esters (lactones) is 1. The summed E-state index contributed by atoms with van der Waals surface area (Å²) in [5.41, 5.74) is 0.306. The molecule has 0 bridgehead atoms. The molecule has 17 heavy (non-hydrogen) atoms. The smallest absolute Gasteiger partial charge is 0.308 e. The second-order valence-corrected chi connectivity index (χ2v) is 7.26. The van der Waals surface area contributed by atoms with Crippen molar-refractivity contribution in [2.24, 2.45) is 10.8 Å². The second kappa shape index (κ2) is 4.97. The van der Waals surface area contributed by atoms with E-state index in [2.05, 4.69) is 41.5 Å². The van der Waals surface area contributed by atoms with E-state index in [9.17, 15) is 4.79 Å². The maximum absolute atomic E-state index is 11.1. The Morgan fingerprint density at radius 2 is 1.88 bits per heavy atom. The third kappa shape index (κ3) is 5.07. The van der Waals surface area contributed by atoms with E-state index in [0.717, 1.165) is 6.42 Å². The maximum Gasteiger partial charge on any atom is 0.308 e. The van der Waals surface area contributed by atoms with Crippen LogP contribution in [0.15, 0.2) is 0 Å². The molecule has 2 atom stereocenters. The van der Waals surface area contributed by atoms with Crippen LogP contribution >= 0.6 is 0 Å². The highest BCUT2D eigenvalue weighted by atomic mass is 16.6. The summed E-state index contributed by atoms with van der Waals surface area (Å²) in [5.74, 6) is -0.140. The number of hydrogen-bond acceptors (Lipinski definition) is 3. The van der Waals surface area contributed by atoms with E-state index in [1.165, 1.54) is 0 Å². The molecule has 100 valence electrons. The molecule has 0 spiro atoms. The van der Waals surface area contributed by atoms with E-state index < -0.39 is 0 Å². The zero-order valence-electron chi connectivity index (χ0n) is 12.0. The van der Waals surface area contributed by atoms with Crippen molar-refractivity contribution in [1.29, 1.82) is 0 Å². The van der Waals surface area contributed by atoms with Crippen molar-refractivity contribution in [2.45, 2.75) is 66.6 Å². The van der Waals surface area contributed by atoms with E-state index in [1.54, 1.807) is 0 Å². The van der Waals surface area contributed by atoms with Gasteiger partial charge in [-0.3, -0.25) is 4.79 Å². The Morgan fingerprint density at radius 3 is 2.24 bits per heavy atom. The van der Waals surface area contributed by atoms with E-state index in [0.29, 0.717) is 13.0 Å². The third-order valence-corrected chi connectivity index (χ3v) is 2.94. The van der Waals surface area contributed by atoms with Gasteiger partial charge in [-0.05, 0) is 17.3 Å². The molecule has 1 rings (SSSR count). The van der Waals surface area contributed by atoms with Gasteiger partial charge in [0, 0.05) is 0 Å². The minimum absolute atomic E-state index is 0.0610. The van der Waals surface area contributed by atoms with Crippen LogP contribution in [0.25, 0.3) is 0 Å². The lowest BCUT2D eigenvalue weighted by atomic mass is 9.78. The van der Waals surface area contributed by atoms with E-state index in [-0.39, 0.29) is 29.0 Å². The van der Waals surface area contributed by atoms with Gasteiger partial charge in [-0.25, -0.2) is 0 Å².